The molecule has 2 aliphatic rings. The smallest absolute Gasteiger partial charge is 0.204 e. The van der Waals surface area contributed by atoms with Crippen LogP contribution in [0.3, 0.4) is 0 Å². The summed E-state index contributed by atoms with van der Waals surface area (Å²) >= 11 is 3.47. The zero-order chi connectivity index (χ0) is 7.90. The van der Waals surface area contributed by atoms with Crippen molar-refractivity contribution in [3.8, 4) is 0 Å². The Hall–Kier alpha value is 0.140. The van der Waals surface area contributed by atoms with Gasteiger partial charge < -0.3 is 9.47 Å². The second-order valence-electron chi connectivity index (χ2n) is 3.05. The molecule has 62 valence electrons. The molecule has 1 aliphatic heterocycles. The van der Waals surface area contributed by atoms with Gasteiger partial charge in [-0.1, -0.05) is 28.9 Å². The first-order valence-electron chi connectivity index (χ1n) is 3.90. The van der Waals surface area contributed by atoms with Gasteiger partial charge in [-0.25, -0.2) is 0 Å². The van der Waals surface area contributed by atoms with E-state index in [-0.39, 0.29) is 0 Å². The van der Waals surface area contributed by atoms with Crippen molar-refractivity contribution in [3.05, 3.63) is 10.6 Å². The molecular weight excluding hydrogens is 208 g/mol. The van der Waals surface area contributed by atoms with E-state index in [1.54, 1.807) is 0 Å². The lowest BCUT2D eigenvalue weighted by molar-refractivity contribution is -0.146. The van der Waals surface area contributed by atoms with Crippen molar-refractivity contribution in [1.29, 1.82) is 0 Å². The molecule has 1 unspecified atom stereocenters. The molecule has 1 heterocycles. The fourth-order valence-electron chi connectivity index (χ4n) is 1.66. The number of rotatable bonds is 0. The van der Waals surface area contributed by atoms with Gasteiger partial charge in [-0.05, 0) is 6.42 Å². The number of allylic oxidation sites excluding steroid dienone is 1. The number of hydrogen-bond donors (Lipinski definition) is 0. The first-order valence-corrected chi connectivity index (χ1v) is 4.69. The quantitative estimate of drug-likeness (QED) is 0.620. The molecule has 2 rings (SSSR count). The molecule has 0 N–H and O–H groups in total. The summed E-state index contributed by atoms with van der Waals surface area (Å²) in [7, 11) is 0. The lowest BCUT2D eigenvalue weighted by Crippen LogP contribution is -2.34. The van der Waals surface area contributed by atoms with Gasteiger partial charge in [0.25, 0.3) is 0 Å². The van der Waals surface area contributed by atoms with Gasteiger partial charge in [0, 0.05) is 5.92 Å². The second-order valence-corrected chi connectivity index (χ2v) is 3.91. The number of halogens is 1. The summed E-state index contributed by atoms with van der Waals surface area (Å²) in [6, 6.07) is 0. The highest BCUT2D eigenvalue weighted by Crippen LogP contribution is 2.45. The standard InChI is InChI=1S/C8H11BrO2/c1-6-2-3-7(9)8(6)10-4-5-11-8/h3,6H,2,4-5H2,1H3. The van der Waals surface area contributed by atoms with E-state index in [1.807, 2.05) is 0 Å². The predicted octanol–water partition coefficient (Wildman–Crippen LogP) is 2.05. The van der Waals surface area contributed by atoms with Gasteiger partial charge in [0.05, 0.1) is 17.7 Å². The van der Waals surface area contributed by atoms with Crippen LogP contribution >= 0.6 is 15.9 Å². The third-order valence-corrected chi connectivity index (χ3v) is 3.22. The van der Waals surface area contributed by atoms with Crippen molar-refractivity contribution in [2.75, 3.05) is 13.2 Å². The van der Waals surface area contributed by atoms with E-state index in [1.165, 1.54) is 0 Å². The molecule has 0 amide bonds. The van der Waals surface area contributed by atoms with Gasteiger partial charge in [-0.3, -0.25) is 0 Å². The van der Waals surface area contributed by atoms with Crippen molar-refractivity contribution >= 4 is 15.9 Å². The zero-order valence-electron chi connectivity index (χ0n) is 6.47. The highest BCUT2D eigenvalue weighted by atomic mass is 79.9. The molecule has 0 aromatic rings. The molecule has 0 aromatic heterocycles. The molecule has 1 atom stereocenters. The molecule has 0 aromatic carbocycles. The van der Waals surface area contributed by atoms with Crippen LogP contribution in [0.25, 0.3) is 0 Å². The minimum absolute atomic E-state index is 0.417. The van der Waals surface area contributed by atoms with E-state index in [2.05, 4.69) is 28.9 Å². The Balaban J connectivity index is 2.27. The fourth-order valence-corrected chi connectivity index (χ4v) is 2.47. The maximum Gasteiger partial charge on any atom is 0.204 e. The molecule has 11 heavy (non-hydrogen) atoms. The number of hydrogen-bond acceptors (Lipinski definition) is 2. The van der Waals surface area contributed by atoms with Crippen molar-refractivity contribution in [1.82, 2.24) is 0 Å². The van der Waals surface area contributed by atoms with Gasteiger partial charge in [-0.15, -0.1) is 0 Å². The Morgan fingerprint density at radius 1 is 1.55 bits per heavy atom. The van der Waals surface area contributed by atoms with Crippen LogP contribution in [-0.4, -0.2) is 19.0 Å². The summed E-state index contributed by atoms with van der Waals surface area (Å²) in [5, 5.41) is 0. The maximum absolute atomic E-state index is 5.59. The lowest BCUT2D eigenvalue weighted by Gasteiger charge is -2.27. The molecule has 1 fully saturated rings. The van der Waals surface area contributed by atoms with Crippen molar-refractivity contribution < 1.29 is 9.47 Å². The average Bonchev–Trinajstić information content (AvgIpc) is 2.56. The van der Waals surface area contributed by atoms with Crippen LogP contribution in [0.2, 0.25) is 0 Å². The maximum atomic E-state index is 5.59. The minimum atomic E-state index is -0.417. The molecule has 1 aliphatic carbocycles. The first-order chi connectivity index (χ1) is 5.26. The molecule has 2 nitrogen and oxygen atoms in total. The van der Waals surface area contributed by atoms with E-state index in [0.717, 1.165) is 10.9 Å². The summed E-state index contributed by atoms with van der Waals surface area (Å²) in [5.74, 6) is 0.0272. The predicted molar refractivity (Wildman–Crippen MR) is 45.4 cm³/mol. The van der Waals surface area contributed by atoms with Crippen LogP contribution in [0.1, 0.15) is 13.3 Å². The largest absolute Gasteiger partial charge is 0.343 e. The van der Waals surface area contributed by atoms with E-state index in [0.29, 0.717) is 19.1 Å². The van der Waals surface area contributed by atoms with Crippen molar-refractivity contribution in [2.24, 2.45) is 5.92 Å². The third-order valence-electron chi connectivity index (χ3n) is 2.35. The summed E-state index contributed by atoms with van der Waals surface area (Å²) < 4.78 is 12.2. The van der Waals surface area contributed by atoms with Gasteiger partial charge >= 0.3 is 0 Å². The average molecular weight is 219 g/mol. The molecule has 3 heteroatoms. The van der Waals surface area contributed by atoms with Crippen LogP contribution in [0.15, 0.2) is 10.6 Å². The Labute approximate surface area is 74.7 Å². The fraction of sp³-hybridized carbons (Fsp3) is 0.750. The summed E-state index contributed by atoms with van der Waals surface area (Å²) in [6.07, 6.45) is 3.18. The van der Waals surface area contributed by atoms with Crippen molar-refractivity contribution in [3.63, 3.8) is 0 Å². The Morgan fingerprint density at radius 3 is 2.64 bits per heavy atom. The Bertz CT molecular complexity index is 194. The van der Waals surface area contributed by atoms with Gasteiger partial charge in [0.1, 0.15) is 0 Å². The van der Waals surface area contributed by atoms with Gasteiger partial charge in [0.15, 0.2) is 0 Å². The second kappa shape index (κ2) is 2.57. The SMILES string of the molecule is CC1CC=C(Br)C12OCCO2. The molecule has 0 saturated carbocycles. The molecule has 0 bridgehead atoms. The molecule has 0 radical (unpaired) electrons. The van der Waals surface area contributed by atoms with Crippen LogP contribution in [0.4, 0.5) is 0 Å². The van der Waals surface area contributed by atoms with Crippen LogP contribution in [0, 0.1) is 5.92 Å². The first kappa shape index (κ1) is 7.77. The molecular formula is C8H11BrO2. The number of ether oxygens (including phenoxy) is 2. The summed E-state index contributed by atoms with van der Waals surface area (Å²) in [5.41, 5.74) is 0. The van der Waals surface area contributed by atoms with E-state index in [4.69, 9.17) is 9.47 Å². The van der Waals surface area contributed by atoms with E-state index < -0.39 is 5.79 Å². The highest BCUT2D eigenvalue weighted by molar-refractivity contribution is 9.11. The molecule has 1 spiro atoms. The van der Waals surface area contributed by atoms with Gasteiger partial charge in [-0.2, -0.15) is 0 Å². The van der Waals surface area contributed by atoms with Crippen LogP contribution in [0.5, 0.6) is 0 Å². The van der Waals surface area contributed by atoms with Crippen LogP contribution in [-0.2, 0) is 9.47 Å². The van der Waals surface area contributed by atoms with Crippen LogP contribution < -0.4 is 0 Å². The zero-order valence-corrected chi connectivity index (χ0v) is 8.06. The van der Waals surface area contributed by atoms with Crippen molar-refractivity contribution in [2.45, 2.75) is 19.1 Å². The minimum Gasteiger partial charge on any atom is -0.343 e. The lowest BCUT2D eigenvalue weighted by atomic mass is 10.0. The van der Waals surface area contributed by atoms with Gasteiger partial charge in [0.2, 0.25) is 5.79 Å². The monoisotopic (exact) mass is 218 g/mol. The summed E-state index contributed by atoms with van der Waals surface area (Å²) in [4.78, 5) is 0. The highest BCUT2D eigenvalue weighted by Gasteiger charge is 2.47. The Morgan fingerprint density at radius 2 is 2.18 bits per heavy atom. The topological polar surface area (TPSA) is 18.5 Å². The summed E-state index contributed by atoms with van der Waals surface area (Å²) in [6.45, 7) is 3.58. The molecule has 1 saturated heterocycles. The Kier molecular flexibility index (Phi) is 1.82. The normalized spacial score (nSPS) is 34.7. The van der Waals surface area contributed by atoms with E-state index in [9.17, 15) is 0 Å². The van der Waals surface area contributed by atoms with E-state index >= 15 is 0 Å². The third kappa shape index (κ3) is 0.983.